The predicted octanol–water partition coefficient (Wildman–Crippen LogP) is 4.13. The minimum Gasteiger partial charge on any atom is -0.373 e. The van der Waals surface area contributed by atoms with Crippen molar-refractivity contribution in [3.8, 4) is 6.07 Å². The molecule has 4 aliphatic rings. The van der Waals surface area contributed by atoms with Gasteiger partial charge in [0.25, 0.3) is 22.9 Å². The van der Waals surface area contributed by atoms with E-state index in [9.17, 15) is 19.2 Å². The van der Waals surface area contributed by atoms with Crippen molar-refractivity contribution in [2.24, 2.45) is 0 Å². The number of nitriles is 1. The Bertz CT molecular complexity index is 3200. The van der Waals surface area contributed by atoms with Gasteiger partial charge in [0.1, 0.15) is 45.8 Å². The second-order valence-corrected chi connectivity index (χ2v) is 16.7. The number of rotatable bonds is 14. The van der Waals surface area contributed by atoms with Crippen LogP contribution in [0, 0.1) is 17.9 Å². The van der Waals surface area contributed by atoms with Crippen molar-refractivity contribution in [2.75, 3.05) is 74.6 Å². The molecule has 7 N–H and O–H groups in total. The van der Waals surface area contributed by atoms with Gasteiger partial charge in [0, 0.05) is 107 Å². The Morgan fingerprint density at radius 1 is 0.843 bits per heavy atom. The number of anilines is 6. The molecular formula is C48H54N18O4. The number of aromatic nitrogens is 8. The summed E-state index contributed by atoms with van der Waals surface area (Å²) in [5, 5.41) is 37.7. The highest BCUT2D eigenvalue weighted by atomic mass is 16.2. The molecule has 8 heterocycles. The van der Waals surface area contributed by atoms with Gasteiger partial charge in [-0.25, -0.2) is 16.5 Å². The van der Waals surface area contributed by atoms with Gasteiger partial charge in [-0.1, -0.05) is 18.7 Å². The SMILES string of the molecule is C=CC#N.CNc1cc(Nc2cccn(C3=CCNCC3)c2=O)nc2c(C(=O)NC3CC3)cnn12.[C-]#[N+]CCN1CC=C(n2cccc(Nc3cc(NC)n4ncc(C(=O)NC5CC5)c4n3)c2=O)CC1. The molecule has 2 amide bonds. The Balaban J connectivity index is 0.000000176. The van der Waals surface area contributed by atoms with Crippen molar-refractivity contribution in [1.82, 2.24) is 59.2 Å². The Morgan fingerprint density at radius 2 is 1.36 bits per heavy atom. The second kappa shape index (κ2) is 22.0. The third-order valence-corrected chi connectivity index (χ3v) is 11.7. The zero-order valence-electron chi connectivity index (χ0n) is 38.9. The van der Waals surface area contributed by atoms with Crippen LogP contribution < -0.4 is 48.3 Å². The lowest BCUT2D eigenvalue weighted by Gasteiger charge is -2.25. The summed E-state index contributed by atoms with van der Waals surface area (Å²) in [6.07, 6.45) is 17.3. The topological polar surface area (TPSA) is 254 Å². The summed E-state index contributed by atoms with van der Waals surface area (Å²) in [6, 6.07) is 12.7. The summed E-state index contributed by atoms with van der Waals surface area (Å²) in [6.45, 7) is 14.4. The van der Waals surface area contributed by atoms with E-state index in [0.29, 0.717) is 70.2 Å². The number of allylic oxidation sites excluding steroid dienone is 1. The van der Waals surface area contributed by atoms with Gasteiger partial charge in [-0.05, 0) is 49.9 Å². The van der Waals surface area contributed by atoms with Crippen molar-refractivity contribution in [3.63, 3.8) is 0 Å². The average Bonchev–Trinajstić information content (AvgIpc) is 4.31. The molecule has 2 fully saturated rings. The highest BCUT2D eigenvalue weighted by Gasteiger charge is 2.28. The highest BCUT2D eigenvalue weighted by Crippen LogP contribution is 2.26. The van der Waals surface area contributed by atoms with Crippen LogP contribution in [0.15, 0.2) is 95.6 Å². The molecule has 0 unspecified atom stereocenters. The van der Waals surface area contributed by atoms with Gasteiger partial charge < -0.3 is 42.1 Å². The second-order valence-electron chi connectivity index (χ2n) is 16.7. The summed E-state index contributed by atoms with van der Waals surface area (Å²) in [7, 11) is 3.53. The van der Waals surface area contributed by atoms with Crippen molar-refractivity contribution < 1.29 is 9.59 Å². The van der Waals surface area contributed by atoms with E-state index in [-0.39, 0.29) is 35.0 Å². The largest absolute Gasteiger partial charge is 0.373 e. The molecule has 2 aliphatic heterocycles. The monoisotopic (exact) mass is 946 g/mol. The lowest BCUT2D eigenvalue weighted by atomic mass is 10.2. The van der Waals surface area contributed by atoms with Crippen molar-refractivity contribution in [1.29, 1.82) is 5.26 Å². The molecule has 2 aliphatic carbocycles. The zero-order valence-corrected chi connectivity index (χ0v) is 38.9. The molecule has 2 saturated carbocycles. The average molecular weight is 947 g/mol. The fourth-order valence-corrected chi connectivity index (χ4v) is 7.76. The van der Waals surface area contributed by atoms with Crippen LogP contribution in [0.25, 0.3) is 27.5 Å². The summed E-state index contributed by atoms with van der Waals surface area (Å²) >= 11 is 0. The standard InChI is InChI=1S/C24H27N9O2.C21H24N8O2.C3H3N/c1-25-9-13-31-11-7-17(8-12-31)32-10-3-4-19(24(32)35)29-20-14-21(26-2)33-22(30-20)18(15-27-33)23(34)28-16-5-6-16;1-22-18-11-17(27-19-15(12-24-29(18)19)20(30)25-13-4-5-13)26-16-3-2-10-28(21(16)31)14-6-8-23-9-7-14;1-2-3-4/h3-4,7,10,14-16,26H,5-6,8-9,11-13H2,2H3,(H,28,34)(H,29,30);2-3,6,10-13,22-23H,4-5,7-9H2,1H3,(H,25,30)(H,26,27);2H,1H2. The van der Waals surface area contributed by atoms with E-state index >= 15 is 0 Å². The first-order valence-corrected chi connectivity index (χ1v) is 23.0. The first kappa shape index (κ1) is 47.9. The Kier molecular flexibility index (Phi) is 15.1. The number of carbonyl (C=O) groups is 2. The van der Waals surface area contributed by atoms with E-state index in [4.69, 9.17) is 11.8 Å². The number of fused-ring (bicyclic) bond motifs is 2. The van der Waals surface area contributed by atoms with E-state index in [1.54, 1.807) is 75.0 Å². The van der Waals surface area contributed by atoms with Gasteiger partial charge in [-0.2, -0.15) is 24.5 Å². The molecule has 360 valence electrons. The predicted molar refractivity (Wildman–Crippen MR) is 268 cm³/mol. The van der Waals surface area contributed by atoms with Gasteiger partial charge >= 0.3 is 0 Å². The summed E-state index contributed by atoms with van der Waals surface area (Å²) in [4.78, 5) is 66.4. The first-order chi connectivity index (χ1) is 34.1. The molecule has 0 aromatic carbocycles. The van der Waals surface area contributed by atoms with Crippen LogP contribution in [0.4, 0.5) is 34.6 Å². The van der Waals surface area contributed by atoms with Gasteiger partial charge in [0.2, 0.25) is 6.54 Å². The summed E-state index contributed by atoms with van der Waals surface area (Å²) in [5.74, 6) is 1.77. The Labute approximate surface area is 402 Å². The molecular weight excluding hydrogens is 893 g/mol. The number of amides is 2. The van der Waals surface area contributed by atoms with Gasteiger partial charge in [-0.3, -0.25) is 33.2 Å². The first-order valence-electron chi connectivity index (χ1n) is 23.0. The molecule has 6 aromatic heterocycles. The number of hydrogen-bond acceptors (Lipinski definition) is 15. The maximum Gasteiger partial charge on any atom is 0.278 e. The van der Waals surface area contributed by atoms with Crippen LogP contribution in [-0.4, -0.2) is 120 Å². The molecule has 0 atom stereocenters. The van der Waals surface area contributed by atoms with E-state index in [1.807, 2.05) is 24.3 Å². The normalized spacial score (nSPS) is 15.3. The number of pyridine rings is 2. The molecule has 0 bridgehead atoms. The van der Waals surface area contributed by atoms with Crippen LogP contribution >= 0.6 is 0 Å². The van der Waals surface area contributed by atoms with Crippen molar-refractivity contribution >= 4 is 69.1 Å². The summed E-state index contributed by atoms with van der Waals surface area (Å²) < 4.78 is 6.46. The molecule has 70 heavy (non-hydrogen) atoms. The molecule has 0 spiro atoms. The number of nitrogens with one attached hydrogen (secondary N) is 7. The molecule has 6 aromatic rings. The molecule has 22 heteroatoms. The van der Waals surface area contributed by atoms with Gasteiger partial charge in [-0.15, -0.1) is 0 Å². The van der Waals surface area contributed by atoms with Gasteiger partial charge in [0.05, 0.1) is 25.0 Å². The third kappa shape index (κ3) is 11.2. The lowest BCUT2D eigenvalue weighted by molar-refractivity contribution is 0.0944. The van der Waals surface area contributed by atoms with E-state index in [0.717, 1.165) is 76.1 Å². The summed E-state index contributed by atoms with van der Waals surface area (Å²) in [5.41, 5.74) is 3.98. The van der Waals surface area contributed by atoms with E-state index < -0.39 is 0 Å². The van der Waals surface area contributed by atoms with Crippen LogP contribution in [0.2, 0.25) is 0 Å². The van der Waals surface area contributed by atoms with Gasteiger partial charge in [0.15, 0.2) is 11.3 Å². The quantitative estimate of drug-likeness (QED) is 0.0599. The Morgan fingerprint density at radius 3 is 1.77 bits per heavy atom. The third-order valence-electron chi connectivity index (χ3n) is 11.7. The van der Waals surface area contributed by atoms with Crippen LogP contribution in [0.3, 0.4) is 0 Å². The highest BCUT2D eigenvalue weighted by molar-refractivity contribution is 6.01. The number of nitrogens with zero attached hydrogens (tertiary/aromatic N) is 11. The molecule has 22 nitrogen and oxygen atoms in total. The van der Waals surface area contributed by atoms with Crippen LogP contribution in [0.1, 0.15) is 59.2 Å². The number of hydrogen-bond donors (Lipinski definition) is 7. The smallest absolute Gasteiger partial charge is 0.278 e. The maximum absolute atomic E-state index is 13.3. The minimum absolute atomic E-state index is 0.150. The number of carbonyl (C=O) groups excluding carboxylic acids is 2. The van der Waals surface area contributed by atoms with Crippen LogP contribution in [-0.2, 0) is 0 Å². The molecule has 10 rings (SSSR count). The van der Waals surface area contributed by atoms with Crippen LogP contribution in [0.5, 0.6) is 0 Å². The van der Waals surface area contributed by atoms with E-state index in [2.05, 4.69) is 73.7 Å². The molecule has 0 radical (unpaired) electrons. The lowest BCUT2D eigenvalue weighted by Crippen LogP contribution is -2.33. The van der Waals surface area contributed by atoms with Crippen molar-refractivity contribution in [3.05, 3.63) is 129 Å². The fraction of sp³-hybridized carbons (Fsp3) is 0.333. The Hall–Kier alpha value is -8.60. The minimum atomic E-state index is -0.203. The van der Waals surface area contributed by atoms with Crippen molar-refractivity contribution in [2.45, 2.75) is 50.6 Å². The van der Waals surface area contributed by atoms with E-state index in [1.165, 1.54) is 18.5 Å². The fourth-order valence-electron chi connectivity index (χ4n) is 7.76. The molecule has 0 saturated heterocycles. The zero-order chi connectivity index (χ0) is 49.1. The maximum atomic E-state index is 13.3.